The standard InChI is InChI=1S/C15H10F2N2O3/c16-9-3-1-2-4-10(9)18-15-19-11-6-5-8(7-12(20)21)13(17)14(11)22-15/h1-6H,7H2,(H,18,19)(H,20,21). The van der Waals surface area contributed by atoms with Gasteiger partial charge in [-0.25, -0.2) is 8.78 Å². The molecule has 2 N–H and O–H groups in total. The van der Waals surface area contributed by atoms with Crippen molar-refractivity contribution in [1.82, 2.24) is 4.98 Å². The van der Waals surface area contributed by atoms with Gasteiger partial charge in [0.1, 0.15) is 11.3 Å². The Hall–Kier alpha value is -2.96. The number of halogens is 2. The van der Waals surface area contributed by atoms with Crippen molar-refractivity contribution in [3.8, 4) is 0 Å². The van der Waals surface area contributed by atoms with Crippen LogP contribution in [-0.2, 0) is 11.2 Å². The van der Waals surface area contributed by atoms with Gasteiger partial charge in [0.05, 0.1) is 12.1 Å². The number of para-hydroxylation sites is 1. The van der Waals surface area contributed by atoms with Crippen molar-refractivity contribution < 1.29 is 23.1 Å². The van der Waals surface area contributed by atoms with Crippen LogP contribution >= 0.6 is 0 Å². The van der Waals surface area contributed by atoms with Crippen molar-refractivity contribution in [3.05, 3.63) is 53.6 Å². The molecule has 0 unspecified atom stereocenters. The lowest BCUT2D eigenvalue weighted by atomic mass is 10.1. The molecule has 7 heteroatoms. The van der Waals surface area contributed by atoms with E-state index in [1.807, 2.05) is 0 Å². The summed E-state index contributed by atoms with van der Waals surface area (Å²) in [6.07, 6.45) is -0.460. The number of nitrogens with one attached hydrogen (secondary N) is 1. The van der Waals surface area contributed by atoms with Crippen molar-refractivity contribution >= 4 is 28.8 Å². The summed E-state index contributed by atoms with van der Waals surface area (Å²) in [5.41, 5.74) is 0.178. The topological polar surface area (TPSA) is 75.4 Å². The van der Waals surface area contributed by atoms with Crippen LogP contribution in [0.25, 0.3) is 11.1 Å². The fraction of sp³-hybridized carbons (Fsp3) is 0.0667. The third kappa shape index (κ3) is 2.60. The van der Waals surface area contributed by atoms with Gasteiger partial charge in [0.15, 0.2) is 11.4 Å². The second-order valence-electron chi connectivity index (χ2n) is 4.58. The van der Waals surface area contributed by atoms with Crippen LogP contribution in [0.2, 0.25) is 0 Å². The van der Waals surface area contributed by atoms with Gasteiger partial charge in [-0.15, -0.1) is 0 Å². The normalized spacial score (nSPS) is 10.8. The van der Waals surface area contributed by atoms with Gasteiger partial charge >= 0.3 is 5.97 Å². The molecule has 0 spiro atoms. The Balaban J connectivity index is 1.98. The zero-order valence-electron chi connectivity index (χ0n) is 11.1. The number of hydrogen-bond acceptors (Lipinski definition) is 4. The molecule has 112 valence electrons. The van der Waals surface area contributed by atoms with Crippen LogP contribution in [0.4, 0.5) is 20.5 Å². The first kappa shape index (κ1) is 14.0. The van der Waals surface area contributed by atoms with Crippen LogP contribution in [0.3, 0.4) is 0 Å². The second-order valence-corrected chi connectivity index (χ2v) is 4.58. The predicted molar refractivity (Wildman–Crippen MR) is 75.0 cm³/mol. The average molecular weight is 304 g/mol. The van der Waals surface area contributed by atoms with E-state index in [0.717, 1.165) is 0 Å². The average Bonchev–Trinajstić information content (AvgIpc) is 2.88. The lowest BCUT2D eigenvalue weighted by Crippen LogP contribution is -2.02. The number of carboxylic acids is 1. The second kappa shape index (κ2) is 5.44. The molecule has 0 fully saturated rings. The van der Waals surface area contributed by atoms with Crippen LogP contribution in [0.1, 0.15) is 5.56 Å². The van der Waals surface area contributed by atoms with E-state index in [1.54, 1.807) is 6.07 Å². The molecular weight excluding hydrogens is 294 g/mol. The number of anilines is 2. The Morgan fingerprint density at radius 2 is 2.00 bits per heavy atom. The van der Waals surface area contributed by atoms with Crippen LogP contribution < -0.4 is 5.32 Å². The lowest BCUT2D eigenvalue weighted by molar-refractivity contribution is -0.136. The molecule has 0 amide bonds. The van der Waals surface area contributed by atoms with Gasteiger partial charge in [-0.1, -0.05) is 18.2 Å². The van der Waals surface area contributed by atoms with Gasteiger partial charge in [0.2, 0.25) is 0 Å². The number of aromatic nitrogens is 1. The Morgan fingerprint density at radius 1 is 1.23 bits per heavy atom. The molecule has 0 aliphatic rings. The summed E-state index contributed by atoms with van der Waals surface area (Å²) in [6.45, 7) is 0. The van der Waals surface area contributed by atoms with Crippen LogP contribution in [0.15, 0.2) is 40.8 Å². The molecule has 0 saturated carbocycles. The summed E-state index contributed by atoms with van der Waals surface area (Å²) in [5, 5.41) is 11.3. The van der Waals surface area contributed by atoms with Crippen LogP contribution in [0.5, 0.6) is 0 Å². The van der Waals surface area contributed by atoms with E-state index in [4.69, 9.17) is 9.52 Å². The largest absolute Gasteiger partial charge is 0.481 e. The third-order valence-electron chi connectivity index (χ3n) is 3.03. The molecule has 0 atom stereocenters. The Bertz CT molecular complexity index is 861. The molecule has 3 rings (SSSR count). The molecule has 2 aromatic carbocycles. The SMILES string of the molecule is O=C(O)Cc1ccc2nc(Nc3ccccc3F)oc2c1F. The molecular formula is C15H10F2N2O3. The first-order chi connectivity index (χ1) is 10.5. The number of benzene rings is 2. The minimum Gasteiger partial charge on any atom is -0.481 e. The predicted octanol–water partition coefficient (Wildman–Crippen LogP) is 3.48. The maximum absolute atomic E-state index is 14.2. The van der Waals surface area contributed by atoms with Gasteiger partial charge in [0.25, 0.3) is 6.01 Å². The highest BCUT2D eigenvalue weighted by Gasteiger charge is 2.16. The number of rotatable bonds is 4. The number of nitrogens with zero attached hydrogens (tertiary/aromatic N) is 1. The minimum absolute atomic E-state index is 0.00593. The van der Waals surface area contributed by atoms with Crippen molar-refractivity contribution in [2.24, 2.45) is 0 Å². The van der Waals surface area contributed by atoms with Crippen molar-refractivity contribution in [3.63, 3.8) is 0 Å². The number of fused-ring (bicyclic) bond motifs is 1. The van der Waals surface area contributed by atoms with Gasteiger partial charge in [-0.3, -0.25) is 4.79 Å². The monoisotopic (exact) mass is 304 g/mol. The quantitative estimate of drug-likeness (QED) is 0.772. The van der Waals surface area contributed by atoms with Gasteiger partial charge in [0, 0.05) is 5.56 Å². The first-order valence-electron chi connectivity index (χ1n) is 6.36. The Kier molecular flexibility index (Phi) is 3.46. The summed E-state index contributed by atoms with van der Waals surface area (Å²) >= 11 is 0. The van der Waals surface area contributed by atoms with E-state index in [9.17, 15) is 13.6 Å². The summed E-state index contributed by atoms with van der Waals surface area (Å²) in [6, 6.07) is 8.61. The summed E-state index contributed by atoms with van der Waals surface area (Å²) in [4.78, 5) is 14.7. The molecule has 0 aliphatic carbocycles. The maximum atomic E-state index is 14.2. The third-order valence-corrected chi connectivity index (χ3v) is 3.03. The van der Waals surface area contributed by atoms with Crippen molar-refractivity contribution in [1.29, 1.82) is 0 Å². The van der Waals surface area contributed by atoms with E-state index >= 15 is 0 Å². The molecule has 3 aromatic rings. The van der Waals surface area contributed by atoms with Crippen LogP contribution in [-0.4, -0.2) is 16.1 Å². The van der Waals surface area contributed by atoms with E-state index < -0.39 is 24.0 Å². The number of carboxylic acid groups (broad SMARTS) is 1. The number of aliphatic carboxylic acids is 1. The zero-order valence-corrected chi connectivity index (χ0v) is 11.1. The molecule has 5 nitrogen and oxygen atoms in total. The van der Waals surface area contributed by atoms with E-state index in [-0.39, 0.29) is 28.4 Å². The highest BCUT2D eigenvalue weighted by atomic mass is 19.1. The molecule has 0 aliphatic heterocycles. The highest BCUT2D eigenvalue weighted by Crippen LogP contribution is 2.27. The smallest absolute Gasteiger partial charge is 0.307 e. The molecule has 1 heterocycles. The Morgan fingerprint density at radius 3 is 2.73 bits per heavy atom. The van der Waals surface area contributed by atoms with Gasteiger partial charge in [-0.05, 0) is 18.2 Å². The van der Waals surface area contributed by atoms with E-state index in [1.165, 1.54) is 30.3 Å². The van der Waals surface area contributed by atoms with Crippen LogP contribution in [0, 0.1) is 11.6 Å². The highest BCUT2D eigenvalue weighted by molar-refractivity contribution is 5.79. The zero-order chi connectivity index (χ0) is 15.7. The fourth-order valence-corrected chi connectivity index (χ4v) is 2.03. The summed E-state index contributed by atoms with van der Waals surface area (Å²) in [7, 11) is 0. The van der Waals surface area contributed by atoms with Gasteiger partial charge in [-0.2, -0.15) is 4.98 Å². The van der Waals surface area contributed by atoms with E-state index in [2.05, 4.69) is 10.3 Å². The van der Waals surface area contributed by atoms with Crippen molar-refractivity contribution in [2.75, 3.05) is 5.32 Å². The molecule has 22 heavy (non-hydrogen) atoms. The fourth-order valence-electron chi connectivity index (χ4n) is 2.03. The first-order valence-corrected chi connectivity index (χ1v) is 6.36. The maximum Gasteiger partial charge on any atom is 0.307 e. The minimum atomic E-state index is -1.15. The molecule has 1 aromatic heterocycles. The molecule has 0 saturated heterocycles. The number of oxazole rings is 1. The van der Waals surface area contributed by atoms with Gasteiger partial charge < -0.3 is 14.8 Å². The Labute approximate surface area is 123 Å². The molecule has 0 bridgehead atoms. The lowest BCUT2D eigenvalue weighted by Gasteiger charge is -2.01. The summed E-state index contributed by atoms with van der Waals surface area (Å²) < 4.78 is 32.9. The molecule has 0 radical (unpaired) electrons. The summed E-state index contributed by atoms with van der Waals surface area (Å²) in [5.74, 6) is -2.44. The number of carbonyl (C=O) groups is 1. The van der Waals surface area contributed by atoms with E-state index in [0.29, 0.717) is 0 Å². The number of hydrogen-bond donors (Lipinski definition) is 2. The van der Waals surface area contributed by atoms with Crippen molar-refractivity contribution in [2.45, 2.75) is 6.42 Å².